The number of fused-ring (bicyclic) bond motifs is 1. The number of pyridine rings is 1. The highest BCUT2D eigenvalue weighted by Gasteiger charge is 2.16. The zero-order chi connectivity index (χ0) is 18.8. The number of ether oxygens (including phenoxy) is 1. The molecule has 2 heterocycles. The van der Waals surface area contributed by atoms with Crippen molar-refractivity contribution in [3.8, 4) is 11.6 Å². The number of rotatable bonds is 4. The fraction of sp³-hybridized carbons (Fsp3) is 0.0909. The number of hydrogen-bond donors (Lipinski definition) is 2. The first-order chi connectivity index (χ1) is 13.1. The lowest BCUT2D eigenvalue weighted by molar-refractivity contribution is 0.102. The zero-order valence-electron chi connectivity index (χ0n) is 15.1. The number of H-pyrrole nitrogens is 1. The molecular weight excluding hydrogens is 338 g/mol. The number of carbonyl (C=O) groups excluding carboxylic acids is 1. The van der Waals surface area contributed by atoms with Crippen molar-refractivity contribution in [1.29, 1.82) is 0 Å². The minimum atomic E-state index is -0.168. The lowest BCUT2D eigenvalue weighted by Crippen LogP contribution is -2.12. The van der Waals surface area contributed by atoms with E-state index in [-0.39, 0.29) is 5.91 Å². The van der Waals surface area contributed by atoms with E-state index in [4.69, 9.17) is 4.74 Å². The summed E-state index contributed by atoms with van der Waals surface area (Å²) in [6, 6.07) is 19.0. The minimum absolute atomic E-state index is 0.168. The molecule has 0 aliphatic carbocycles. The molecule has 0 bridgehead atoms. The van der Waals surface area contributed by atoms with Crippen LogP contribution in [0.2, 0.25) is 0 Å². The van der Waals surface area contributed by atoms with Gasteiger partial charge in [0.2, 0.25) is 5.88 Å². The Bertz CT molecular complexity index is 1100. The van der Waals surface area contributed by atoms with Gasteiger partial charge in [0, 0.05) is 22.7 Å². The van der Waals surface area contributed by atoms with Gasteiger partial charge >= 0.3 is 0 Å². The van der Waals surface area contributed by atoms with Gasteiger partial charge in [-0.05, 0) is 38.1 Å². The van der Waals surface area contributed by atoms with E-state index < -0.39 is 0 Å². The number of anilines is 1. The molecule has 4 aromatic rings. The van der Waals surface area contributed by atoms with Crippen LogP contribution in [0.4, 0.5) is 5.69 Å². The van der Waals surface area contributed by atoms with Crippen molar-refractivity contribution in [3.05, 3.63) is 83.7 Å². The first kappa shape index (κ1) is 16.8. The molecule has 0 aliphatic heterocycles. The van der Waals surface area contributed by atoms with Crippen molar-refractivity contribution < 1.29 is 9.53 Å². The Labute approximate surface area is 157 Å². The first-order valence-electron chi connectivity index (χ1n) is 8.69. The normalized spacial score (nSPS) is 10.7. The van der Waals surface area contributed by atoms with E-state index in [9.17, 15) is 4.79 Å². The average molecular weight is 357 g/mol. The van der Waals surface area contributed by atoms with Gasteiger partial charge in [0.25, 0.3) is 5.91 Å². The van der Waals surface area contributed by atoms with E-state index in [0.717, 1.165) is 22.3 Å². The van der Waals surface area contributed by atoms with Crippen LogP contribution in [0.25, 0.3) is 10.9 Å². The summed E-state index contributed by atoms with van der Waals surface area (Å²) in [4.78, 5) is 20.2. The van der Waals surface area contributed by atoms with Crippen molar-refractivity contribution >= 4 is 22.5 Å². The van der Waals surface area contributed by atoms with Gasteiger partial charge in [-0.3, -0.25) is 4.79 Å². The Balaban J connectivity index is 1.50. The van der Waals surface area contributed by atoms with Crippen molar-refractivity contribution in [2.75, 3.05) is 5.32 Å². The van der Waals surface area contributed by atoms with Gasteiger partial charge in [0.05, 0.1) is 17.4 Å². The number of para-hydroxylation sites is 1. The van der Waals surface area contributed by atoms with Gasteiger partial charge in [-0.2, -0.15) is 0 Å². The molecule has 0 aliphatic rings. The molecule has 0 unspecified atom stereocenters. The predicted molar refractivity (Wildman–Crippen MR) is 106 cm³/mol. The summed E-state index contributed by atoms with van der Waals surface area (Å²) in [7, 11) is 0. The number of benzene rings is 2. The predicted octanol–water partition coefficient (Wildman–Crippen LogP) is 5.22. The van der Waals surface area contributed by atoms with Gasteiger partial charge in [-0.1, -0.05) is 35.9 Å². The van der Waals surface area contributed by atoms with Crippen LogP contribution in [0, 0.1) is 13.8 Å². The summed E-state index contributed by atoms with van der Waals surface area (Å²) in [6.07, 6.45) is 1.59. The molecule has 2 aromatic carbocycles. The quantitative estimate of drug-likeness (QED) is 0.526. The molecule has 1 amide bonds. The van der Waals surface area contributed by atoms with E-state index in [2.05, 4.69) is 15.3 Å². The molecule has 0 spiro atoms. The number of carbonyl (C=O) groups is 1. The molecule has 0 atom stereocenters. The molecule has 2 aromatic heterocycles. The number of aromatic nitrogens is 2. The van der Waals surface area contributed by atoms with Crippen molar-refractivity contribution in [2.24, 2.45) is 0 Å². The molecule has 0 saturated heterocycles. The van der Waals surface area contributed by atoms with Crippen molar-refractivity contribution in [3.63, 3.8) is 0 Å². The number of nitrogens with zero attached hydrogens (tertiary/aromatic N) is 1. The Morgan fingerprint density at radius 3 is 2.52 bits per heavy atom. The van der Waals surface area contributed by atoms with Crippen LogP contribution < -0.4 is 10.1 Å². The average Bonchev–Trinajstić information content (AvgIpc) is 3.01. The molecule has 0 saturated carbocycles. The molecule has 0 radical (unpaired) electrons. The smallest absolute Gasteiger partial charge is 0.258 e. The van der Waals surface area contributed by atoms with Crippen LogP contribution in [0.15, 0.2) is 66.9 Å². The second kappa shape index (κ2) is 6.96. The van der Waals surface area contributed by atoms with Gasteiger partial charge in [0.15, 0.2) is 0 Å². The van der Waals surface area contributed by atoms with Crippen LogP contribution in [-0.2, 0) is 0 Å². The summed E-state index contributed by atoms with van der Waals surface area (Å²) in [5, 5.41) is 3.80. The van der Waals surface area contributed by atoms with Gasteiger partial charge in [-0.25, -0.2) is 4.98 Å². The van der Waals surface area contributed by atoms with Crippen molar-refractivity contribution in [2.45, 2.75) is 13.8 Å². The Morgan fingerprint density at radius 2 is 1.78 bits per heavy atom. The molecule has 5 heteroatoms. The Kier molecular flexibility index (Phi) is 4.34. The van der Waals surface area contributed by atoms with Crippen LogP contribution in [-0.4, -0.2) is 15.9 Å². The van der Waals surface area contributed by atoms with Crippen LogP contribution in [0.5, 0.6) is 11.6 Å². The standard InChI is InChI=1S/C22H19N3O2/c1-14-7-10-17(11-8-14)27-20-12-9-16(13-23-20)25-22(26)21-15(2)24-19-6-4-3-5-18(19)21/h3-13,24H,1-2H3,(H,25,26). The first-order valence-corrected chi connectivity index (χ1v) is 8.69. The van der Waals surface area contributed by atoms with E-state index >= 15 is 0 Å². The number of nitrogens with one attached hydrogen (secondary N) is 2. The lowest BCUT2D eigenvalue weighted by Gasteiger charge is -2.08. The third kappa shape index (κ3) is 3.53. The van der Waals surface area contributed by atoms with E-state index in [1.165, 1.54) is 5.56 Å². The van der Waals surface area contributed by atoms with Crippen molar-refractivity contribution in [1.82, 2.24) is 9.97 Å². The summed E-state index contributed by atoms with van der Waals surface area (Å²) in [5.41, 5.74) is 4.20. The fourth-order valence-electron chi connectivity index (χ4n) is 3.00. The van der Waals surface area contributed by atoms with E-state index in [0.29, 0.717) is 17.1 Å². The van der Waals surface area contributed by atoms with Crippen LogP contribution >= 0.6 is 0 Å². The van der Waals surface area contributed by atoms with Gasteiger partial charge in [-0.15, -0.1) is 0 Å². The fourth-order valence-corrected chi connectivity index (χ4v) is 3.00. The van der Waals surface area contributed by atoms with E-state index in [1.807, 2.05) is 62.4 Å². The molecule has 5 nitrogen and oxygen atoms in total. The highest BCUT2D eigenvalue weighted by molar-refractivity contribution is 6.13. The number of hydrogen-bond acceptors (Lipinski definition) is 3. The largest absolute Gasteiger partial charge is 0.439 e. The Morgan fingerprint density at radius 1 is 1.00 bits per heavy atom. The summed E-state index contributed by atoms with van der Waals surface area (Å²) < 4.78 is 5.71. The highest BCUT2D eigenvalue weighted by Crippen LogP contribution is 2.24. The lowest BCUT2D eigenvalue weighted by atomic mass is 10.1. The highest BCUT2D eigenvalue weighted by atomic mass is 16.5. The van der Waals surface area contributed by atoms with Crippen LogP contribution in [0.3, 0.4) is 0 Å². The summed E-state index contributed by atoms with van der Waals surface area (Å²) in [6.45, 7) is 3.92. The van der Waals surface area contributed by atoms with Crippen LogP contribution in [0.1, 0.15) is 21.6 Å². The second-order valence-electron chi connectivity index (χ2n) is 6.42. The number of amides is 1. The third-order valence-electron chi connectivity index (χ3n) is 4.36. The topological polar surface area (TPSA) is 67.0 Å². The molecule has 2 N–H and O–H groups in total. The second-order valence-corrected chi connectivity index (χ2v) is 6.42. The molecule has 134 valence electrons. The summed E-state index contributed by atoms with van der Waals surface area (Å²) in [5.74, 6) is 1.03. The molecule has 27 heavy (non-hydrogen) atoms. The Hall–Kier alpha value is -3.60. The molecular formula is C22H19N3O2. The SMILES string of the molecule is Cc1ccc(Oc2ccc(NC(=O)c3c(C)[nH]c4ccccc34)cn2)cc1. The molecule has 0 fully saturated rings. The van der Waals surface area contributed by atoms with Gasteiger partial charge in [0.1, 0.15) is 5.75 Å². The maximum absolute atomic E-state index is 12.7. The minimum Gasteiger partial charge on any atom is -0.439 e. The molecule has 4 rings (SSSR count). The zero-order valence-corrected chi connectivity index (χ0v) is 15.1. The van der Waals surface area contributed by atoms with Gasteiger partial charge < -0.3 is 15.0 Å². The van der Waals surface area contributed by atoms with E-state index in [1.54, 1.807) is 18.3 Å². The maximum Gasteiger partial charge on any atom is 0.258 e. The third-order valence-corrected chi connectivity index (χ3v) is 4.36. The maximum atomic E-state index is 12.7. The summed E-state index contributed by atoms with van der Waals surface area (Å²) >= 11 is 0. The number of aromatic amines is 1. The number of aryl methyl sites for hydroxylation is 2. The monoisotopic (exact) mass is 357 g/mol.